The summed E-state index contributed by atoms with van der Waals surface area (Å²) in [5.74, 6) is 2.75. The Labute approximate surface area is 208 Å². The first-order valence-electron chi connectivity index (χ1n) is 10.8. The van der Waals surface area contributed by atoms with Crippen molar-refractivity contribution in [2.45, 2.75) is 20.8 Å². The van der Waals surface area contributed by atoms with Gasteiger partial charge in [0.25, 0.3) is 0 Å². The SMILES string of the molecule is Cc1ccccc1OP(Oc1ccccc1C)Oc1ccccc1C.OP(O)Oc1ccccc1. The van der Waals surface area contributed by atoms with Crippen molar-refractivity contribution < 1.29 is 27.9 Å². The van der Waals surface area contributed by atoms with Crippen molar-refractivity contribution in [2.75, 3.05) is 0 Å². The average Bonchev–Trinajstić information content (AvgIpc) is 2.84. The Morgan fingerprint density at radius 2 is 0.800 bits per heavy atom. The summed E-state index contributed by atoms with van der Waals surface area (Å²) in [7, 11) is -3.91. The standard InChI is InChI=1S/C21H21O3P.C6H7O3P/c1-16-10-4-7-13-19(16)22-25(23-20-14-8-5-11-17(20)2)24-21-15-9-6-12-18(21)3;7-10(8)9-6-4-2-1-3-5-6/h4-15H,1-3H3;1-5,7-8H. The van der Waals surface area contributed by atoms with Crippen molar-refractivity contribution in [2.24, 2.45) is 0 Å². The first-order valence-corrected chi connectivity index (χ1v) is 13.1. The maximum atomic E-state index is 8.40. The number of aryl methyl sites for hydroxylation is 3. The lowest BCUT2D eigenvalue weighted by atomic mass is 10.2. The van der Waals surface area contributed by atoms with Crippen molar-refractivity contribution >= 4 is 17.2 Å². The molecule has 2 N–H and O–H groups in total. The molecule has 0 fully saturated rings. The van der Waals surface area contributed by atoms with E-state index in [1.807, 2.05) is 99.6 Å². The van der Waals surface area contributed by atoms with Gasteiger partial charge in [-0.3, -0.25) is 0 Å². The summed E-state index contributed by atoms with van der Waals surface area (Å²) in [5.41, 5.74) is 3.12. The van der Waals surface area contributed by atoms with Crippen molar-refractivity contribution in [1.29, 1.82) is 0 Å². The van der Waals surface area contributed by atoms with Crippen LogP contribution in [0.5, 0.6) is 23.0 Å². The van der Waals surface area contributed by atoms with Crippen LogP contribution in [-0.2, 0) is 0 Å². The van der Waals surface area contributed by atoms with Crippen LogP contribution in [0.2, 0.25) is 0 Å². The number of para-hydroxylation sites is 4. The van der Waals surface area contributed by atoms with Crippen molar-refractivity contribution in [1.82, 2.24) is 0 Å². The molecule has 4 rings (SSSR count). The Hall–Kier alpha value is -3.14. The minimum absolute atomic E-state index is 0.471. The van der Waals surface area contributed by atoms with E-state index in [9.17, 15) is 0 Å². The second kappa shape index (κ2) is 13.7. The maximum absolute atomic E-state index is 8.40. The molecular formula is C27H28O6P2. The van der Waals surface area contributed by atoms with Crippen LogP contribution >= 0.6 is 17.2 Å². The van der Waals surface area contributed by atoms with Gasteiger partial charge in [-0.15, -0.1) is 0 Å². The van der Waals surface area contributed by atoms with Crippen LogP contribution in [0.4, 0.5) is 0 Å². The first-order chi connectivity index (χ1) is 16.9. The summed E-state index contributed by atoms with van der Waals surface area (Å²) >= 11 is 0. The second-order valence-corrected chi connectivity index (χ2v) is 9.13. The van der Waals surface area contributed by atoms with Gasteiger partial charge in [-0.2, -0.15) is 0 Å². The van der Waals surface area contributed by atoms with Gasteiger partial charge in [0, 0.05) is 0 Å². The van der Waals surface area contributed by atoms with Gasteiger partial charge in [-0.1, -0.05) is 72.8 Å². The highest BCUT2D eigenvalue weighted by Gasteiger charge is 2.22. The van der Waals surface area contributed by atoms with Gasteiger partial charge in [0.2, 0.25) is 0 Å². The predicted octanol–water partition coefficient (Wildman–Crippen LogP) is 7.65. The summed E-state index contributed by atoms with van der Waals surface area (Å²) in [6.07, 6.45) is 0. The highest BCUT2D eigenvalue weighted by atomic mass is 31.2. The van der Waals surface area contributed by atoms with Crippen LogP contribution in [-0.4, -0.2) is 9.79 Å². The zero-order chi connectivity index (χ0) is 25.0. The third kappa shape index (κ3) is 8.86. The quantitative estimate of drug-likeness (QED) is 0.237. The minimum Gasteiger partial charge on any atom is -0.427 e. The lowest BCUT2D eigenvalue weighted by molar-refractivity contribution is 0.375. The molecular weight excluding hydrogens is 482 g/mol. The van der Waals surface area contributed by atoms with E-state index >= 15 is 0 Å². The number of rotatable bonds is 8. The molecule has 35 heavy (non-hydrogen) atoms. The van der Waals surface area contributed by atoms with E-state index in [1.165, 1.54) is 0 Å². The molecule has 0 aliphatic carbocycles. The van der Waals surface area contributed by atoms with Gasteiger partial charge in [0.15, 0.2) is 0 Å². The van der Waals surface area contributed by atoms with Gasteiger partial charge in [-0.25, -0.2) is 0 Å². The fraction of sp³-hybridized carbons (Fsp3) is 0.111. The maximum Gasteiger partial charge on any atom is 0.530 e. The molecule has 0 aliphatic heterocycles. The number of hydrogen-bond donors (Lipinski definition) is 2. The molecule has 0 heterocycles. The van der Waals surface area contributed by atoms with Gasteiger partial charge in [0.1, 0.15) is 23.0 Å². The molecule has 182 valence electrons. The minimum atomic E-state index is -2.28. The summed E-state index contributed by atoms with van der Waals surface area (Å²) in [6, 6.07) is 32.2. The Balaban J connectivity index is 0.000000287. The molecule has 0 aromatic heterocycles. The van der Waals surface area contributed by atoms with Crippen LogP contribution in [0.15, 0.2) is 103 Å². The Morgan fingerprint density at radius 1 is 0.457 bits per heavy atom. The van der Waals surface area contributed by atoms with Crippen LogP contribution in [0.25, 0.3) is 0 Å². The fourth-order valence-corrected chi connectivity index (χ4v) is 4.37. The lowest BCUT2D eigenvalue weighted by Gasteiger charge is -2.20. The molecule has 4 aromatic rings. The van der Waals surface area contributed by atoms with E-state index in [1.54, 1.807) is 24.3 Å². The molecule has 0 aliphatic rings. The molecule has 0 bridgehead atoms. The predicted molar refractivity (Wildman–Crippen MR) is 141 cm³/mol. The zero-order valence-electron chi connectivity index (χ0n) is 19.7. The lowest BCUT2D eigenvalue weighted by Crippen LogP contribution is -2.04. The molecule has 0 saturated heterocycles. The van der Waals surface area contributed by atoms with Crippen LogP contribution < -0.4 is 18.1 Å². The van der Waals surface area contributed by atoms with Gasteiger partial charge < -0.3 is 27.9 Å². The summed E-state index contributed by atoms with van der Waals surface area (Å²) in [6.45, 7) is 6.01. The van der Waals surface area contributed by atoms with Gasteiger partial charge in [0.05, 0.1) is 0 Å². The molecule has 0 unspecified atom stereocenters. The highest BCUT2D eigenvalue weighted by Crippen LogP contribution is 2.44. The average molecular weight is 510 g/mol. The third-order valence-corrected chi connectivity index (χ3v) is 6.14. The summed E-state index contributed by atoms with van der Waals surface area (Å²) < 4.78 is 22.8. The van der Waals surface area contributed by atoms with Crippen LogP contribution in [0, 0.1) is 20.8 Å². The molecule has 6 nitrogen and oxygen atoms in total. The topological polar surface area (TPSA) is 77.4 Å². The Bertz CT molecular complexity index is 1070. The first kappa shape index (κ1) is 26.5. The normalized spacial score (nSPS) is 10.4. The van der Waals surface area contributed by atoms with E-state index in [0.29, 0.717) is 5.75 Å². The van der Waals surface area contributed by atoms with Gasteiger partial charge >= 0.3 is 17.2 Å². The largest absolute Gasteiger partial charge is 0.530 e. The van der Waals surface area contributed by atoms with E-state index in [0.717, 1.165) is 33.9 Å². The molecule has 0 spiro atoms. The zero-order valence-corrected chi connectivity index (χ0v) is 21.5. The number of hydrogen-bond acceptors (Lipinski definition) is 6. The van der Waals surface area contributed by atoms with Gasteiger partial charge in [-0.05, 0) is 67.8 Å². The summed E-state index contributed by atoms with van der Waals surface area (Å²) in [4.78, 5) is 16.8. The second-order valence-electron chi connectivity index (χ2n) is 7.45. The van der Waals surface area contributed by atoms with Crippen LogP contribution in [0.3, 0.4) is 0 Å². The van der Waals surface area contributed by atoms with E-state index in [4.69, 9.17) is 23.4 Å². The third-order valence-electron chi connectivity index (χ3n) is 4.73. The van der Waals surface area contributed by atoms with Crippen molar-refractivity contribution in [3.8, 4) is 23.0 Å². The van der Waals surface area contributed by atoms with E-state index in [-0.39, 0.29) is 0 Å². The molecule has 0 atom stereocenters. The van der Waals surface area contributed by atoms with E-state index in [2.05, 4.69) is 4.52 Å². The summed E-state index contributed by atoms with van der Waals surface area (Å²) in [5, 5.41) is 0. The monoisotopic (exact) mass is 510 g/mol. The van der Waals surface area contributed by atoms with Crippen molar-refractivity contribution in [3.05, 3.63) is 120 Å². The van der Waals surface area contributed by atoms with E-state index < -0.39 is 17.2 Å². The van der Waals surface area contributed by atoms with Crippen molar-refractivity contribution in [3.63, 3.8) is 0 Å². The van der Waals surface area contributed by atoms with Crippen LogP contribution in [0.1, 0.15) is 16.7 Å². The molecule has 0 radical (unpaired) electrons. The molecule has 4 aromatic carbocycles. The number of benzene rings is 4. The molecule has 0 amide bonds. The fourth-order valence-electron chi connectivity index (χ4n) is 2.85. The molecule has 8 heteroatoms. The molecule has 0 saturated carbocycles. The smallest absolute Gasteiger partial charge is 0.427 e. The Kier molecular flexibility index (Phi) is 10.3. The Morgan fingerprint density at radius 3 is 1.14 bits per heavy atom. The highest BCUT2D eigenvalue weighted by molar-refractivity contribution is 7.43.